The molecular formula is C26H26F6O2. The molecular weight excluding hydrogens is 458 g/mol. The standard InChI is InChI=1S/C26H26F6O2/c1-2-3-4-5-6-7-17-15-33-25(34-16-17)18-8-9-20(22(27)12-18)19-13-23(28)21(24(29)14-19)10-11-26(30,31)32/h8-9,12-14,17,25H,2-7,15-16H2,1H3. The number of hydrogen-bond donors (Lipinski definition) is 0. The summed E-state index contributed by atoms with van der Waals surface area (Å²) in [5, 5.41) is 0. The molecule has 1 heterocycles. The Bertz CT molecular complexity index is 1010. The van der Waals surface area contributed by atoms with Gasteiger partial charge in [-0.15, -0.1) is 0 Å². The molecule has 8 heteroatoms. The molecule has 1 saturated heterocycles. The Morgan fingerprint density at radius 1 is 0.882 bits per heavy atom. The van der Waals surface area contributed by atoms with Gasteiger partial charge in [0.15, 0.2) is 6.29 Å². The first kappa shape index (κ1) is 26.1. The van der Waals surface area contributed by atoms with Crippen LogP contribution >= 0.6 is 0 Å². The average Bonchev–Trinajstić information content (AvgIpc) is 2.78. The minimum Gasteiger partial charge on any atom is -0.348 e. The number of ether oxygens (including phenoxy) is 2. The first-order valence-electron chi connectivity index (χ1n) is 11.3. The van der Waals surface area contributed by atoms with Gasteiger partial charge in [-0.2, -0.15) is 13.2 Å². The van der Waals surface area contributed by atoms with Gasteiger partial charge in [0.25, 0.3) is 0 Å². The SMILES string of the molecule is CCCCCCCC1COC(c2ccc(-c3cc(F)c(C#CC(F)(F)F)c(F)c3)c(F)c2)OC1. The van der Waals surface area contributed by atoms with Crippen molar-refractivity contribution in [2.75, 3.05) is 13.2 Å². The van der Waals surface area contributed by atoms with Crippen LogP contribution < -0.4 is 0 Å². The van der Waals surface area contributed by atoms with Crippen molar-refractivity contribution in [3.8, 4) is 23.0 Å². The first-order chi connectivity index (χ1) is 16.2. The molecule has 2 nitrogen and oxygen atoms in total. The molecule has 34 heavy (non-hydrogen) atoms. The van der Waals surface area contributed by atoms with Crippen LogP contribution in [0, 0.1) is 35.2 Å². The Kier molecular flexibility index (Phi) is 9.03. The minimum atomic E-state index is -4.89. The van der Waals surface area contributed by atoms with E-state index >= 15 is 0 Å². The van der Waals surface area contributed by atoms with E-state index in [0.717, 1.165) is 37.0 Å². The molecule has 3 rings (SSSR count). The van der Waals surface area contributed by atoms with Crippen molar-refractivity contribution in [1.82, 2.24) is 0 Å². The normalized spacial score (nSPS) is 18.4. The second-order valence-electron chi connectivity index (χ2n) is 8.37. The summed E-state index contributed by atoms with van der Waals surface area (Å²) in [5.41, 5.74) is -0.874. The third-order valence-corrected chi connectivity index (χ3v) is 5.63. The van der Waals surface area contributed by atoms with E-state index in [1.807, 2.05) is 0 Å². The Morgan fingerprint density at radius 3 is 2.12 bits per heavy atom. The zero-order chi connectivity index (χ0) is 24.7. The van der Waals surface area contributed by atoms with E-state index in [4.69, 9.17) is 9.47 Å². The lowest BCUT2D eigenvalue weighted by Crippen LogP contribution is -2.27. The van der Waals surface area contributed by atoms with Crippen LogP contribution in [0.2, 0.25) is 0 Å². The fourth-order valence-corrected chi connectivity index (χ4v) is 3.83. The molecule has 184 valence electrons. The van der Waals surface area contributed by atoms with E-state index < -0.39 is 35.5 Å². The highest BCUT2D eigenvalue weighted by Crippen LogP contribution is 2.32. The van der Waals surface area contributed by atoms with Crippen molar-refractivity contribution in [1.29, 1.82) is 0 Å². The summed E-state index contributed by atoms with van der Waals surface area (Å²) in [6.07, 6.45) is 1.30. The van der Waals surface area contributed by atoms with Crippen molar-refractivity contribution < 1.29 is 35.8 Å². The second kappa shape index (κ2) is 11.8. The van der Waals surface area contributed by atoms with Crippen molar-refractivity contribution in [3.05, 3.63) is 58.9 Å². The average molecular weight is 484 g/mol. The molecule has 1 aliphatic rings. The van der Waals surface area contributed by atoms with Gasteiger partial charge in [-0.1, -0.05) is 57.1 Å². The van der Waals surface area contributed by atoms with E-state index in [1.54, 1.807) is 0 Å². The first-order valence-corrected chi connectivity index (χ1v) is 11.3. The fourth-order valence-electron chi connectivity index (χ4n) is 3.83. The third kappa shape index (κ3) is 7.25. The van der Waals surface area contributed by atoms with Gasteiger partial charge in [0.1, 0.15) is 17.5 Å². The van der Waals surface area contributed by atoms with Crippen LogP contribution in [0.15, 0.2) is 30.3 Å². The molecule has 1 fully saturated rings. The van der Waals surface area contributed by atoms with E-state index in [9.17, 15) is 26.3 Å². The van der Waals surface area contributed by atoms with Gasteiger partial charge in [-0.05, 0) is 30.2 Å². The van der Waals surface area contributed by atoms with Crippen LogP contribution in [0.1, 0.15) is 62.9 Å². The number of hydrogen-bond acceptors (Lipinski definition) is 2. The van der Waals surface area contributed by atoms with Crippen molar-refractivity contribution in [3.63, 3.8) is 0 Å². The maximum atomic E-state index is 14.8. The molecule has 0 spiro atoms. The summed E-state index contributed by atoms with van der Waals surface area (Å²) in [7, 11) is 0. The van der Waals surface area contributed by atoms with Crippen LogP contribution in [0.3, 0.4) is 0 Å². The Labute approximate surface area is 195 Å². The second-order valence-corrected chi connectivity index (χ2v) is 8.37. The van der Waals surface area contributed by atoms with Crippen LogP contribution in [-0.2, 0) is 9.47 Å². The van der Waals surface area contributed by atoms with Gasteiger partial charge in [-0.3, -0.25) is 0 Å². The summed E-state index contributed by atoms with van der Waals surface area (Å²) in [6, 6.07) is 5.52. The highest BCUT2D eigenvalue weighted by Gasteiger charge is 2.25. The highest BCUT2D eigenvalue weighted by molar-refractivity contribution is 5.66. The largest absolute Gasteiger partial charge is 0.458 e. The number of halogens is 6. The molecule has 1 aliphatic heterocycles. The summed E-state index contributed by atoms with van der Waals surface area (Å²) in [4.78, 5) is 0. The molecule has 0 aliphatic carbocycles. The van der Waals surface area contributed by atoms with Crippen LogP contribution in [0.4, 0.5) is 26.3 Å². The Morgan fingerprint density at radius 2 is 1.53 bits per heavy atom. The molecule has 0 saturated carbocycles. The topological polar surface area (TPSA) is 18.5 Å². The number of alkyl halides is 3. The van der Waals surface area contributed by atoms with Crippen LogP contribution in [0.25, 0.3) is 11.1 Å². The highest BCUT2D eigenvalue weighted by atomic mass is 19.4. The molecule has 0 bridgehead atoms. The maximum Gasteiger partial charge on any atom is 0.458 e. The third-order valence-electron chi connectivity index (χ3n) is 5.63. The van der Waals surface area contributed by atoms with Crippen LogP contribution in [-0.4, -0.2) is 19.4 Å². The van der Waals surface area contributed by atoms with Gasteiger partial charge in [0, 0.05) is 23.0 Å². The van der Waals surface area contributed by atoms with E-state index in [2.05, 4.69) is 6.92 Å². The van der Waals surface area contributed by atoms with Crippen molar-refractivity contribution in [2.45, 2.75) is 57.9 Å². The maximum absolute atomic E-state index is 14.8. The predicted octanol–water partition coefficient (Wildman–Crippen LogP) is 7.71. The number of rotatable bonds is 8. The molecule has 0 aromatic heterocycles. The number of benzene rings is 2. The summed E-state index contributed by atoms with van der Waals surface area (Å²) in [5.74, 6) is -0.840. The van der Waals surface area contributed by atoms with Gasteiger partial charge in [0.05, 0.1) is 18.8 Å². The molecule has 2 aromatic rings. The minimum absolute atomic E-state index is 0.113. The predicted molar refractivity (Wildman–Crippen MR) is 116 cm³/mol. The molecule has 0 atom stereocenters. The lowest BCUT2D eigenvalue weighted by atomic mass is 9.99. The zero-order valence-corrected chi connectivity index (χ0v) is 18.8. The van der Waals surface area contributed by atoms with Crippen LogP contribution in [0.5, 0.6) is 0 Å². The summed E-state index contributed by atoms with van der Waals surface area (Å²) in [6.45, 7) is 3.17. The van der Waals surface area contributed by atoms with E-state index in [1.165, 1.54) is 43.7 Å². The molecule has 2 aromatic carbocycles. The van der Waals surface area contributed by atoms with E-state index in [-0.39, 0.29) is 17.0 Å². The number of unbranched alkanes of at least 4 members (excludes halogenated alkanes) is 4. The summed E-state index contributed by atoms with van der Waals surface area (Å²) >= 11 is 0. The lowest BCUT2D eigenvalue weighted by molar-refractivity contribution is -0.206. The fraction of sp³-hybridized carbons (Fsp3) is 0.462. The van der Waals surface area contributed by atoms with Gasteiger partial charge in [0.2, 0.25) is 0 Å². The van der Waals surface area contributed by atoms with Gasteiger partial charge >= 0.3 is 6.18 Å². The monoisotopic (exact) mass is 484 g/mol. The molecule has 0 N–H and O–H groups in total. The molecule has 0 radical (unpaired) electrons. The van der Waals surface area contributed by atoms with Gasteiger partial charge < -0.3 is 9.47 Å². The van der Waals surface area contributed by atoms with E-state index in [0.29, 0.717) is 18.8 Å². The van der Waals surface area contributed by atoms with Crippen molar-refractivity contribution >= 4 is 0 Å². The van der Waals surface area contributed by atoms with Crippen molar-refractivity contribution in [2.24, 2.45) is 5.92 Å². The quantitative estimate of drug-likeness (QED) is 0.217. The molecule has 0 unspecified atom stereocenters. The summed E-state index contributed by atoms with van der Waals surface area (Å²) < 4.78 is 91.3. The Balaban J connectivity index is 1.65. The van der Waals surface area contributed by atoms with Gasteiger partial charge in [-0.25, -0.2) is 13.2 Å². The zero-order valence-electron chi connectivity index (χ0n) is 18.8. The smallest absolute Gasteiger partial charge is 0.348 e. The molecule has 0 amide bonds. The Hall–Kier alpha value is -2.50. The lowest BCUT2D eigenvalue weighted by Gasteiger charge is -2.29.